The number of benzene rings is 1. The number of aromatic nitrogens is 2. The molecule has 1 aliphatic rings. The summed E-state index contributed by atoms with van der Waals surface area (Å²) in [5.41, 5.74) is 0.361. The highest BCUT2D eigenvalue weighted by Crippen LogP contribution is 2.34. The first-order chi connectivity index (χ1) is 15.1. The van der Waals surface area contributed by atoms with E-state index in [0.717, 1.165) is 11.3 Å². The molecule has 3 heterocycles. The van der Waals surface area contributed by atoms with Gasteiger partial charge in [0.2, 0.25) is 5.95 Å². The van der Waals surface area contributed by atoms with Crippen LogP contribution < -0.4 is 4.90 Å². The van der Waals surface area contributed by atoms with Crippen LogP contribution >= 0.6 is 11.3 Å². The van der Waals surface area contributed by atoms with Crippen LogP contribution in [-0.2, 0) is 20.9 Å². The van der Waals surface area contributed by atoms with E-state index in [1.807, 2.05) is 4.90 Å². The second-order valence-electron chi connectivity index (χ2n) is 7.16. The maximum Gasteiger partial charge on any atom is 0.348 e. The topological polar surface area (TPSA) is 81.6 Å². The van der Waals surface area contributed by atoms with Crippen LogP contribution in [0.3, 0.4) is 0 Å². The number of piperidine rings is 1. The number of hydrogen-bond donors (Lipinski definition) is 0. The summed E-state index contributed by atoms with van der Waals surface area (Å²) in [6, 6.07) is 6.41. The van der Waals surface area contributed by atoms with E-state index in [9.17, 15) is 14.0 Å². The third kappa shape index (κ3) is 4.51. The lowest BCUT2D eigenvalue weighted by Crippen LogP contribution is -2.37. The molecule has 4 rings (SSSR count). The number of carbonyl (C=O) groups excluding carboxylic acids is 2. The van der Waals surface area contributed by atoms with Crippen LogP contribution in [-0.4, -0.2) is 41.6 Å². The molecule has 0 amide bonds. The Bertz CT molecular complexity index is 1080. The van der Waals surface area contributed by atoms with Crippen LogP contribution in [0.1, 0.15) is 35.0 Å². The van der Waals surface area contributed by atoms with Crippen LogP contribution in [0, 0.1) is 11.7 Å². The molecule has 0 aliphatic carbocycles. The van der Waals surface area contributed by atoms with Gasteiger partial charge in [0.15, 0.2) is 0 Å². The number of nitrogens with zero attached hydrogens (tertiary/aromatic N) is 3. The lowest BCUT2D eigenvalue weighted by atomic mass is 9.97. The van der Waals surface area contributed by atoms with Gasteiger partial charge in [0.25, 0.3) is 0 Å². The second kappa shape index (κ2) is 9.38. The zero-order chi connectivity index (χ0) is 21.8. The number of esters is 2. The summed E-state index contributed by atoms with van der Waals surface area (Å²) >= 11 is 1.14. The number of anilines is 1. The summed E-state index contributed by atoms with van der Waals surface area (Å²) in [5.74, 6) is -0.953. The number of carbonyl (C=O) groups is 2. The van der Waals surface area contributed by atoms with E-state index in [1.165, 1.54) is 6.07 Å². The van der Waals surface area contributed by atoms with Crippen molar-refractivity contribution in [2.24, 2.45) is 5.92 Å². The number of halogens is 1. The average Bonchev–Trinajstić information content (AvgIpc) is 3.18. The van der Waals surface area contributed by atoms with Gasteiger partial charge < -0.3 is 14.4 Å². The Morgan fingerprint density at radius 1 is 1.16 bits per heavy atom. The smallest absolute Gasteiger partial charge is 0.348 e. The Balaban J connectivity index is 1.45. The third-order valence-electron chi connectivity index (χ3n) is 5.25. The van der Waals surface area contributed by atoms with Gasteiger partial charge in [-0.2, -0.15) is 0 Å². The molecule has 2 aromatic heterocycles. The monoisotopic (exact) mass is 443 g/mol. The van der Waals surface area contributed by atoms with E-state index in [0.29, 0.717) is 47.5 Å². The fourth-order valence-electron chi connectivity index (χ4n) is 3.70. The van der Waals surface area contributed by atoms with Crippen LogP contribution in [0.2, 0.25) is 0 Å². The van der Waals surface area contributed by atoms with Crippen molar-refractivity contribution < 1.29 is 23.5 Å². The summed E-state index contributed by atoms with van der Waals surface area (Å²) in [5, 5.41) is 0.305. The molecule has 0 N–H and O–H groups in total. The number of fused-ring (bicyclic) bond motifs is 1. The van der Waals surface area contributed by atoms with Crippen molar-refractivity contribution in [3.8, 4) is 0 Å². The molecule has 1 fully saturated rings. The predicted molar refractivity (Wildman–Crippen MR) is 115 cm³/mol. The predicted octanol–water partition coefficient (Wildman–Crippen LogP) is 3.97. The number of rotatable bonds is 6. The van der Waals surface area contributed by atoms with E-state index in [4.69, 9.17) is 9.47 Å². The van der Waals surface area contributed by atoms with Gasteiger partial charge in [0.05, 0.1) is 12.5 Å². The van der Waals surface area contributed by atoms with Crippen molar-refractivity contribution in [1.29, 1.82) is 0 Å². The Hall–Kier alpha value is -3.07. The first-order valence-electron chi connectivity index (χ1n) is 10.1. The Labute approximate surface area is 182 Å². The van der Waals surface area contributed by atoms with E-state index in [2.05, 4.69) is 9.97 Å². The second-order valence-corrected chi connectivity index (χ2v) is 8.21. The summed E-state index contributed by atoms with van der Waals surface area (Å²) in [7, 11) is 0. The van der Waals surface area contributed by atoms with E-state index >= 15 is 0 Å². The molecule has 1 saturated heterocycles. The van der Waals surface area contributed by atoms with Gasteiger partial charge >= 0.3 is 11.9 Å². The van der Waals surface area contributed by atoms with Gasteiger partial charge in [-0.25, -0.2) is 19.2 Å². The standard InChI is InChI=1S/C22H22FN3O4S/c1-2-29-21(28)19-15(18-16(23)5-3-6-17(18)31-19)13-30-20(27)14-7-11-26(12-8-14)22-24-9-4-10-25-22/h3-6,9-10,14H,2,7-8,11-13H2,1H3. The molecule has 3 aromatic rings. The highest BCUT2D eigenvalue weighted by atomic mass is 32.1. The minimum atomic E-state index is -0.537. The zero-order valence-corrected chi connectivity index (χ0v) is 17.9. The van der Waals surface area contributed by atoms with Crippen LogP contribution in [0.25, 0.3) is 10.1 Å². The fraction of sp³-hybridized carbons (Fsp3) is 0.364. The maximum atomic E-state index is 14.5. The van der Waals surface area contributed by atoms with Crippen LogP contribution in [0.4, 0.5) is 10.3 Å². The number of hydrogen-bond acceptors (Lipinski definition) is 8. The molecule has 31 heavy (non-hydrogen) atoms. The van der Waals surface area contributed by atoms with Crippen molar-refractivity contribution in [2.45, 2.75) is 26.4 Å². The average molecular weight is 444 g/mol. The lowest BCUT2D eigenvalue weighted by Gasteiger charge is -2.30. The van der Waals surface area contributed by atoms with Gasteiger partial charge in [-0.05, 0) is 38.0 Å². The molecule has 1 aromatic carbocycles. The van der Waals surface area contributed by atoms with Crippen molar-refractivity contribution >= 4 is 39.3 Å². The molecular formula is C22H22FN3O4S. The molecule has 162 valence electrons. The maximum absolute atomic E-state index is 14.5. The summed E-state index contributed by atoms with van der Waals surface area (Å²) in [6.45, 7) is 3.04. The molecule has 0 unspecified atom stereocenters. The molecule has 0 bridgehead atoms. The molecule has 7 nitrogen and oxygen atoms in total. The van der Waals surface area contributed by atoms with E-state index in [1.54, 1.807) is 37.5 Å². The SMILES string of the molecule is CCOC(=O)c1sc2cccc(F)c2c1COC(=O)C1CCN(c2ncccn2)CC1. The van der Waals surface area contributed by atoms with E-state index < -0.39 is 11.8 Å². The summed E-state index contributed by atoms with van der Waals surface area (Å²) in [4.78, 5) is 35.8. The van der Waals surface area contributed by atoms with Crippen LogP contribution in [0.15, 0.2) is 36.7 Å². The quantitative estimate of drug-likeness (QED) is 0.533. The summed E-state index contributed by atoms with van der Waals surface area (Å²) in [6.07, 6.45) is 4.60. The molecule has 0 radical (unpaired) electrons. The van der Waals surface area contributed by atoms with Gasteiger partial charge in [-0.15, -0.1) is 11.3 Å². The van der Waals surface area contributed by atoms with Gasteiger partial charge in [0, 0.05) is 41.1 Å². The zero-order valence-electron chi connectivity index (χ0n) is 17.0. The molecule has 1 aliphatic heterocycles. The molecule has 9 heteroatoms. The van der Waals surface area contributed by atoms with Gasteiger partial charge in [-0.1, -0.05) is 6.07 Å². The van der Waals surface area contributed by atoms with Crippen molar-refractivity contribution in [3.05, 3.63) is 52.9 Å². The normalized spacial score (nSPS) is 14.6. The van der Waals surface area contributed by atoms with E-state index in [-0.39, 0.29) is 30.0 Å². The fourth-order valence-corrected chi connectivity index (χ4v) is 4.81. The van der Waals surface area contributed by atoms with Crippen molar-refractivity contribution in [1.82, 2.24) is 9.97 Å². The van der Waals surface area contributed by atoms with Crippen LogP contribution in [0.5, 0.6) is 0 Å². The minimum absolute atomic E-state index is 0.171. The Morgan fingerprint density at radius 2 is 1.90 bits per heavy atom. The number of ether oxygens (including phenoxy) is 2. The van der Waals surface area contributed by atoms with Gasteiger partial charge in [0.1, 0.15) is 17.3 Å². The molecule has 0 atom stereocenters. The largest absolute Gasteiger partial charge is 0.462 e. The number of thiophene rings is 1. The lowest BCUT2D eigenvalue weighted by molar-refractivity contribution is -0.150. The van der Waals surface area contributed by atoms with Crippen molar-refractivity contribution in [3.63, 3.8) is 0 Å². The van der Waals surface area contributed by atoms with Gasteiger partial charge in [-0.3, -0.25) is 4.79 Å². The Kier molecular flexibility index (Phi) is 6.41. The van der Waals surface area contributed by atoms with Crippen molar-refractivity contribution in [2.75, 3.05) is 24.6 Å². The minimum Gasteiger partial charge on any atom is -0.462 e. The third-order valence-corrected chi connectivity index (χ3v) is 6.42. The molecular weight excluding hydrogens is 421 g/mol. The molecule has 0 spiro atoms. The summed E-state index contributed by atoms with van der Waals surface area (Å²) < 4.78 is 25.8. The first-order valence-corrected chi connectivity index (χ1v) is 11.0. The Morgan fingerprint density at radius 3 is 2.61 bits per heavy atom. The highest BCUT2D eigenvalue weighted by Gasteiger charge is 2.29. The highest BCUT2D eigenvalue weighted by molar-refractivity contribution is 7.21. The molecule has 0 saturated carbocycles. The first kappa shape index (κ1) is 21.2.